The Bertz CT molecular complexity index is 743. The van der Waals surface area contributed by atoms with Gasteiger partial charge in [0.15, 0.2) is 5.58 Å². The minimum atomic E-state index is -0.459. The van der Waals surface area contributed by atoms with Gasteiger partial charge in [-0.2, -0.15) is 0 Å². The zero-order valence-corrected chi connectivity index (χ0v) is 9.60. The number of oxazole rings is 1. The number of benzene rings is 1. The standard InChI is InChI=1S/C12H10N4O2/c1-13-11-5-3-8(15-16-11)7-2-4-10-9(6-7)14-12(17)18-10/h2-6H,1H3,(H,13,16)(H,14,17). The lowest BCUT2D eigenvalue weighted by molar-refractivity contribution is 0.555. The largest absolute Gasteiger partial charge is 0.417 e. The topological polar surface area (TPSA) is 83.8 Å². The molecular weight excluding hydrogens is 232 g/mol. The van der Waals surface area contributed by atoms with Crippen molar-refractivity contribution in [3.05, 3.63) is 40.9 Å². The quantitative estimate of drug-likeness (QED) is 0.713. The first-order valence-electron chi connectivity index (χ1n) is 5.41. The number of aromatic amines is 1. The Morgan fingerprint density at radius 3 is 2.83 bits per heavy atom. The number of hydrogen-bond donors (Lipinski definition) is 2. The molecular formula is C12H10N4O2. The van der Waals surface area contributed by atoms with Crippen molar-refractivity contribution in [2.24, 2.45) is 0 Å². The maximum Gasteiger partial charge on any atom is 0.417 e. The van der Waals surface area contributed by atoms with E-state index < -0.39 is 5.76 Å². The molecule has 3 aromatic rings. The van der Waals surface area contributed by atoms with Crippen LogP contribution >= 0.6 is 0 Å². The number of aromatic nitrogens is 3. The Hall–Kier alpha value is -2.63. The monoisotopic (exact) mass is 242 g/mol. The summed E-state index contributed by atoms with van der Waals surface area (Å²) in [6.45, 7) is 0. The summed E-state index contributed by atoms with van der Waals surface area (Å²) in [5.41, 5.74) is 2.79. The van der Waals surface area contributed by atoms with Crippen molar-refractivity contribution in [1.82, 2.24) is 15.2 Å². The van der Waals surface area contributed by atoms with Crippen molar-refractivity contribution in [3.8, 4) is 11.3 Å². The lowest BCUT2D eigenvalue weighted by Crippen LogP contribution is -1.95. The number of nitrogens with one attached hydrogen (secondary N) is 2. The van der Waals surface area contributed by atoms with E-state index in [4.69, 9.17) is 4.42 Å². The minimum Gasteiger partial charge on any atom is -0.408 e. The summed E-state index contributed by atoms with van der Waals surface area (Å²) in [4.78, 5) is 13.7. The van der Waals surface area contributed by atoms with E-state index in [0.717, 1.165) is 11.3 Å². The van der Waals surface area contributed by atoms with Crippen LogP contribution in [0.4, 0.5) is 5.82 Å². The van der Waals surface area contributed by atoms with Gasteiger partial charge in [-0.05, 0) is 30.3 Å². The Labute approximate surface area is 102 Å². The molecule has 0 radical (unpaired) electrons. The molecule has 0 saturated carbocycles. The lowest BCUT2D eigenvalue weighted by Gasteiger charge is -2.01. The molecule has 0 aliphatic rings. The van der Waals surface area contributed by atoms with Crippen molar-refractivity contribution < 1.29 is 4.42 Å². The van der Waals surface area contributed by atoms with Crippen LogP contribution in [0.15, 0.2) is 39.5 Å². The second-order valence-corrected chi connectivity index (χ2v) is 3.78. The van der Waals surface area contributed by atoms with Crippen LogP contribution < -0.4 is 11.1 Å². The van der Waals surface area contributed by atoms with Gasteiger partial charge >= 0.3 is 5.76 Å². The normalized spacial score (nSPS) is 10.7. The van der Waals surface area contributed by atoms with E-state index in [9.17, 15) is 4.79 Å². The highest BCUT2D eigenvalue weighted by atomic mass is 16.4. The van der Waals surface area contributed by atoms with Crippen LogP contribution in [0, 0.1) is 0 Å². The van der Waals surface area contributed by atoms with Crippen LogP contribution in [-0.4, -0.2) is 22.2 Å². The maximum absolute atomic E-state index is 11.1. The van der Waals surface area contributed by atoms with E-state index in [2.05, 4.69) is 20.5 Å². The van der Waals surface area contributed by atoms with E-state index >= 15 is 0 Å². The van der Waals surface area contributed by atoms with Gasteiger partial charge in [-0.15, -0.1) is 10.2 Å². The minimum absolute atomic E-state index is 0.459. The van der Waals surface area contributed by atoms with Crippen LogP contribution in [0.1, 0.15) is 0 Å². The molecule has 3 rings (SSSR count). The third-order valence-electron chi connectivity index (χ3n) is 2.64. The van der Waals surface area contributed by atoms with E-state index in [1.54, 1.807) is 13.1 Å². The van der Waals surface area contributed by atoms with Gasteiger partial charge in [0, 0.05) is 12.6 Å². The molecule has 0 amide bonds. The van der Waals surface area contributed by atoms with Gasteiger partial charge in [0.05, 0.1) is 11.2 Å². The first-order chi connectivity index (χ1) is 8.76. The summed E-state index contributed by atoms with van der Waals surface area (Å²) in [5.74, 6) is 0.246. The summed E-state index contributed by atoms with van der Waals surface area (Å²) in [7, 11) is 1.78. The molecule has 2 N–H and O–H groups in total. The zero-order valence-electron chi connectivity index (χ0n) is 9.60. The highest BCUT2D eigenvalue weighted by Gasteiger charge is 2.05. The molecule has 0 aliphatic heterocycles. The van der Waals surface area contributed by atoms with Gasteiger partial charge in [0.25, 0.3) is 0 Å². The molecule has 0 aliphatic carbocycles. The second-order valence-electron chi connectivity index (χ2n) is 3.78. The number of anilines is 1. The first kappa shape index (κ1) is 10.5. The van der Waals surface area contributed by atoms with Crippen molar-refractivity contribution >= 4 is 16.9 Å². The molecule has 90 valence electrons. The summed E-state index contributed by atoms with van der Waals surface area (Å²) in [5, 5.41) is 11.0. The molecule has 0 unspecified atom stereocenters. The number of nitrogens with zero attached hydrogens (tertiary/aromatic N) is 2. The van der Waals surface area contributed by atoms with Gasteiger partial charge in [-0.25, -0.2) is 4.79 Å². The third-order valence-corrected chi connectivity index (χ3v) is 2.64. The summed E-state index contributed by atoms with van der Waals surface area (Å²) >= 11 is 0. The van der Waals surface area contributed by atoms with Gasteiger partial charge in [-0.3, -0.25) is 4.98 Å². The lowest BCUT2D eigenvalue weighted by atomic mass is 10.1. The fraction of sp³-hybridized carbons (Fsp3) is 0.0833. The molecule has 2 heterocycles. The van der Waals surface area contributed by atoms with Crippen molar-refractivity contribution in [2.75, 3.05) is 12.4 Å². The Balaban J connectivity index is 2.09. The molecule has 6 heteroatoms. The molecule has 0 saturated heterocycles. The summed E-state index contributed by atoms with van der Waals surface area (Å²) < 4.78 is 4.94. The number of hydrogen-bond acceptors (Lipinski definition) is 5. The average molecular weight is 242 g/mol. The van der Waals surface area contributed by atoms with Crippen LogP contribution in [0.2, 0.25) is 0 Å². The second kappa shape index (κ2) is 3.99. The molecule has 18 heavy (non-hydrogen) atoms. The van der Waals surface area contributed by atoms with Crippen LogP contribution in [0.3, 0.4) is 0 Å². The third kappa shape index (κ3) is 1.73. The average Bonchev–Trinajstić information content (AvgIpc) is 2.78. The van der Waals surface area contributed by atoms with Gasteiger partial charge in [0.2, 0.25) is 0 Å². The molecule has 1 aromatic carbocycles. The highest BCUT2D eigenvalue weighted by Crippen LogP contribution is 2.21. The van der Waals surface area contributed by atoms with Crippen LogP contribution in [0.25, 0.3) is 22.4 Å². The number of fused-ring (bicyclic) bond motifs is 1. The molecule has 0 fully saturated rings. The fourth-order valence-electron chi connectivity index (χ4n) is 1.73. The van der Waals surface area contributed by atoms with Crippen molar-refractivity contribution in [3.63, 3.8) is 0 Å². The number of H-pyrrole nitrogens is 1. The van der Waals surface area contributed by atoms with E-state index in [1.165, 1.54) is 0 Å². The maximum atomic E-state index is 11.1. The van der Waals surface area contributed by atoms with E-state index in [-0.39, 0.29) is 0 Å². The Morgan fingerprint density at radius 1 is 1.22 bits per heavy atom. The van der Waals surface area contributed by atoms with E-state index in [1.807, 2.05) is 24.3 Å². The van der Waals surface area contributed by atoms with Gasteiger partial charge in [0.1, 0.15) is 5.82 Å². The van der Waals surface area contributed by atoms with Gasteiger partial charge in [-0.1, -0.05) is 0 Å². The predicted octanol–water partition coefficient (Wildman–Crippen LogP) is 1.62. The summed E-state index contributed by atoms with van der Waals surface area (Å²) in [6, 6.07) is 9.07. The van der Waals surface area contributed by atoms with Crippen molar-refractivity contribution in [2.45, 2.75) is 0 Å². The smallest absolute Gasteiger partial charge is 0.408 e. The van der Waals surface area contributed by atoms with Crippen LogP contribution in [0.5, 0.6) is 0 Å². The molecule has 0 spiro atoms. The molecule has 6 nitrogen and oxygen atoms in total. The molecule has 0 atom stereocenters. The Kier molecular flexibility index (Phi) is 2.33. The van der Waals surface area contributed by atoms with Crippen molar-refractivity contribution in [1.29, 1.82) is 0 Å². The van der Waals surface area contributed by atoms with Crippen LogP contribution in [-0.2, 0) is 0 Å². The highest BCUT2D eigenvalue weighted by molar-refractivity contribution is 5.78. The zero-order chi connectivity index (χ0) is 12.5. The predicted molar refractivity (Wildman–Crippen MR) is 67.4 cm³/mol. The Morgan fingerprint density at radius 2 is 2.11 bits per heavy atom. The van der Waals surface area contributed by atoms with Gasteiger partial charge < -0.3 is 9.73 Å². The first-order valence-corrected chi connectivity index (χ1v) is 5.41. The summed E-state index contributed by atoms with van der Waals surface area (Å²) in [6.07, 6.45) is 0. The fourth-order valence-corrected chi connectivity index (χ4v) is 1.73. The molecule has 0 bridgehead atoms. The number of rotatable bonds is 2. The SMILES string of the molecule is CNc1ccc(-c2ccc3oc(=O)[nH]c3c2)nn1. The van der Waals surface area contributed by atoms with E-state index in [0.29, 0.717) is 16.9 Å². The molecule has 2 aromatic heterocycles.